The fourth-order valence-corrected chi connectivity index (χ4v) is 5.25. The van der Waals surface area contributed by atoms with E-state index in [-0.39, 0.29) is 17.2 Å². The number of rotatable bonds is 3. The average molecular weight is 289 g/mol. The lowest BCUT2D eigenvalue weighted by atomic mass is 10.3. The molecule has 8 heteroatoms. The van der Waals surface area contributed by atoms with Crippen LogP contribution in [0.5, 0.6) is 0 Å². The molecule has 1 aromatic carbocycles. The minimum Gasteiger partial charge on any atom is -0.391 e. The summed E-state index contributed by atoms with van der Waals surface area (Å²) in [6, 6.07) is 5.83. The smallest absolute Gasteiger partial charge is 0.269 e. The molecule has 1 heterocycles. The van der Waals surface area contributed by atoms with Crippen LogP contribution in [-0.4, -0.2) is 41.3 Å². The molecule has 2 atom stereocenters. The number of thioether (sulfide) groups is 1. The van der Waals surface area contributed by atoms with Crippen molar-refractivity contribution in [3.05, 3.63) is 34.4 Å². The third kappa shape index (κ3) is 3.01. The molecule has 0 aliphatic carbocycles. The molecular weight excluding hydrogens is 278 g/mol. The van der Waals surface area contributed by atoms with Crippen molar-refractivity contribution in [3.8, 4) is 0 Å². The van der Waals surface area contributed by atoms with E-state index in [0.717, 1.165) is 0 Å². The molecule has 1 aromatic rings. The van der Waals surface area contributed by atoms with E-state index in [1.54, 1.807) is 12.1 Å². The zero-order chi connectivity index (χ0) is 13.3. The summed E-state index contributed by atoms with van der Waals surface area (Å²) in [5.41, 5.74) is -0.0149. The van der Waals surface area contributed by atoms with E-state index >= 15 is 0 Å². The Labute approximate surface area is 108 Å². The van der Waals surface area contributed by atoms with E-state index in [4.69, 9.17) is 0 Å². The quantitative estimate of drug-likeness (QED) is 0.654. The summed E-state index contributed by atoms with van der Waals surface area (Å²) in [5, 5.41) is 19.7. The van der Waals surface area contributed by atoms with Gasteiger partial charge in [-0.2, -0.15) is 0 Å². The molecule has 1 aliphatic rings. The van der Waals surface area contributed by atoms with Crippen LogP contribution in [0.4, 0.5) is 5.69 Å². The van der Waals surface area contributed by atoms with Gasteiger partial charge in [0.25, 0.3) is 5.69 Å². The molecule has 0 saturated carbocycles. The fourth-order valence-electron chi connectivity index (χ4n) is 1.73. The Morgan fingerprint density at radius 3 is 2.33 bits per heavy atom. The molecule has 0 aromatic heterocycles. The number of hydrogen-bond donors (Lipinski definition) is 1. The summed E-state index contributed by atoms with van der Waals surface area (Å²) in [5.74, 6) is -0.270. The third-order valence-corrected chi connectivity index (χ3v) is 5.86. The van der Waals surface area contributed by atoms with Crippen LogP contribution in [0.3, 0.4) is 0 Å². The van der Waals surface area contributed by atoms with Gasteiger partial charge in [0.05, 0.1) is 27.8 Å². The molecule has 1 saturated heterocycles. The molecule has 1 N–H and O–H groups in total. The highest BCUT2D eigenvalue weighted by Gasteiger charge is 2.36. The lowest BCUT2D eigenvalue weighted by Crippen LogP contribution is -2.19. The Morgan fingerprint density at radius 1 is 1.28 bits per heavy atom. The lowest BCUT2D eigenvalue weighted by Gasteiger charge is -2.11. The Kier molecular flexibility index (Phi) is 3.60. The summed E-state index contributed by atoms with van der Waals surface area (Å²) in [7, 11) is -3.17. The number of aliphatic hydroxyl groups excluding tert-OH is 1. The van der Waals surface area contributed by atoms with Gasteiger partial charge in [0.2, 0.25) is 0 Å². The van der Waals surface area contributed by atoms with Gasteiger partial charge in [0.15, 0.2) is 9.84 Å². The van der Waals surface area contributed by atoms with Crippen LogP contribution in [0.15, 0.2) is 29.2 Å². The minimum atomic E-state index is -3.17. The molecule has 6 nitrogen and oxygen atoms in total. The predicted octanol–water partition coefficient (Wildman–Crippen LogP) is 0.845. The molecular formula is C10H11NO5S2. The highest BCUT2D eigenvalue weighted by Crippen LogP contribution is 2.32. The first kappa shape index (κ1) is 13.3. The highest BCUT2D eigenvalue weighted by molar-refractivity contribution is 8.02. The monoisotopic (exact) mass is 289 g/mol. The van der Waals surface area contributed by atoms with Crippen molar-refractivity contribution in [3.63, 3.8) is 0 Å². The average Bonchev–Trinajstić information content (AvgIpc) is 2.52. The molecule has 0 spiro atoms. The van der Waals surface area contributed by atoms with Gasteiger partial charge in [0, 0.05) is 17.0 Å². The molecule has 1 aliphatic heterocycles. The highest BCUT2D eigenvalue weighted by atomic mass is 32.2. The Hall–Kier alpha value is -1.12. The second-order valence-electron chi connectivity index (χ2n) is 4.05. The zero-order valence-electron chi connectivity index (χ0n) is 9.22. The van der Waals surface area contributed by atoms with Gasteiger partial charge in [0.1, 0.15) is 0 Å². The number of sulfone groups is 1. The van der Waals surface area contributed by atoms with Gasteiger partial charge in [-0.25, -0.2) is 8.42 Å². The summed E-state index contributed by atoms with van der Waals surface area (Å²) in [4.78, 5) is 10.7. The number of hydrogen-bond acceptors (Lipinski definition) is 6. The topological polar surface area (TPSA) is 97.5 Å². The van der Waals surface area contributed by atoms with E-state index in [0.29, 0.717) is 4.90 Å². The van der Waals surface area contributed by atoms with Crippen LogP contribution in [0.25, 0.3) is 0 Å². The summed E-state index contributed by atoms with van der Waals surface area (Å²) < 4.78 is 22.6. The van der Waals surface area contributed by atoms with E-state index in [1.165, 1.54) is 23.9 Å². The number of nitrogens with zero attached hydrogens (tertiary/aromatic N) is 1. The van der Waals surface area contributed by atoms with Crippen LogP contribution in [-0.2, 0) is 9.84 Å². The van der Waals surface area contributed by atoms with Crippen LogP contribution in [0.1, 0.15) is 0 Å². The van der Waals surface area contributed by atoms with E-state index in [1.807, 2.05) is 0 Å². The number of benzene rings is 1. The molecule has 98 valence electrons. The first-order valence-corrected chi connectivity index (χ1v) is 7.87. The number of nitro benzene ring substituents is 1. The second-order valence-corrected chi connectivity index (χ2v) is 7.52. The maximum absolute atomic E-state index is 11.3. The maximum atomic E-state index is 11.3. The predicted molar refractivity (Wildman–Crippen MR) is 67.4 cm³/mol. The summed E-state index contributed by atoms with van der Waals surface area (Å²) >= 11 is 1.23. The van der Waals surface area contributed by atoms with Gasteiger partial charge in [-0.05, 0) is 12.1 Å². The van der Waals surface area contributed by atoms with Crippen LogP contribution in [0.2, 0.25) is 0 Å². The lowest BCUT2D eigenvalue weighted by molar-refractivity contribution is -0.384. The normalized spacial score (nSPS) is 26.1. The van der Waals surface area contributed by atoms with Gasteiger partial charge in [-0.15, -0.1) is 11.8 Å². The SMILES string of the molecule is O=[N+]([O-])c1ccc(SC2CS(=O)(=O)CC2O)cc1. The number of nitro groups is 1. The van der Waals surface area contributed by atoms with Crippen LogP contribution < -0.4 is 0 Å². The van der Waals surface area contributed by atoms with Gasteiger partial charge in [-0.1, -0.05) is 0 Å². The first-order chi connectivity index (χ1) is 8.37. The number of aliphatic hydroxyl groups is 1. The molecule has 2 rings (SSSR count). The van der Waals surface area contributed by atoms with E-state index < -0.39 is 26.1 Å². The second kappa shape index (κ2) is 4.87. The molecule has 1 fully saturated rings. The standard InChI is InChI=1S/C10H11NO5S2/c12-9-5-18(15,16)6-10(9)17-8-3-1-7(2-4-8)11(13)14/h1-4,9-10,12H,5-6H2. The molecule has 2 unspecified atom stereocenters. The summed E-state index contributed by atoms with van der Waals surface area (Å²) in [6.07, 6.45) is -0.879. The Bertz CT molecular complexity index is 554. The maximum Gasteiger partial charge on any atom is 0.269 e. The minimum absolute atomic E-state index is 0.0149. The Morgan fingerprint density at radius 2 is 1.89 bits per heavy atom. The summed E-state index contributed by atoms with van der Waals surface area (Å²) in [6.45, 7) is 0. The van der Waals surface area contributed by atoms with Crippen molar-refractivity contribution in [2.45, 2.75) is 16.2 Å². The molecule has 0 radical (unpaired) electrons. The van der Waals surface area contributed by atoms with Crippen molar-refractivity contribution in [2.24, 2.45) is 0 Å². The third-order valence-electron chi connectivity index (χ3n) is 2.61. The van der Waals surface area contributed by atoms with Gasteiger partial charge < -0.3 is 5.11 Å². The van der Waals surface area contributed by atoms with Crippen molar-refractivity contribution >= 4 is 27.3 Å². The largest absolute Gasteiger partial charge is 0.391 e. The Balaban J connectivity index is 2.08. The van der Waals surface area contributed by atoms with Gasteiger partial charge >= 0.3 is 0 Å². The van der Waals surface area contributed by atoms with Crippen molar-refractivity contribution in [1.29, 1.82) is 0 Å². The van der Waals surface area contributed by atoms with E-state index in [2.05, 4.69) is 0 Å². The van der Waals surface area contributed by atoms with E-state index in [9.17, 15) is 23.6 Å². The van der Waals surface area contributed by atoms with Gasteiger partial charge in [-0.3, -0.25) is 10.1 Å². The molecule has 0 bridgehead atoms. The number of non-ortho nitro benzene ring substituents is 1. The zero-order valence-corrected chi connectivity index (χ0v) is 10.9. The molecule has 18 heavy (non-hydrogen) atoms. The molecule has 0 amide bonds. The fraction of sp³-hybridized carbons (Fsp3) is 0.400. The van der Waals surface area contributed by atoms with Crippen LogP contribution in [0, 0.1) is 10.1 Å². The van der Waals surface area contributed by atoms with Crippen molar-refractivity contribution < 1.29 is 18.4 Å². The van der Waals surface area contributed by atoms with Crippen LogP contribution >= 0.6 is 11.8 Å². The first-order valence-electron chi connectivity index (χ1n) is 5.17. The van der Waals surface area contributed by atoms with Crippen molar-refractivity contribution in [1.82, 2.24) is 0 Å². The van der Waals surface area contributed by atoms with Crippen molar-refractivity contribution in [2.75, 3.05) is 11.5 Å².